The Hall–Kier alpha value is -0.610. The second kappa shape index (κ2) is 3.87. The van der Waals surface area contributed by atoms with E-state index in [4.69, 9.17) is 15.9 Å². The van der Waals surface area contributed by atoms with Crippen LogP contribution >= 0.6 is 0 Å². The fourth-order valence-electron chi connectivity index (χ4n) is 1.87. The van der Waals surface area contributed by atoms with Crippen LogP contribution in [0.3, 0.4) is 0 Å². The zero-order valence-corrected chi connectivity index (χ0v) is 6.94. The van der Waals surface area contributed by atoms with Crippen LogP contribution in [0.4, 0.5) is 0 Å². The van der Waals surface area contributed by atoms with E-state index in [1.807, 2.05) is 0 Å². The Labute approximate surface area is 71.4 Å². The SMILES string of the molecule is NC(=O)C1CCCCC1C(O)O. The van der Waals surface area contributed by atoms with Crippen molar-refractivity contribution in [3.8, 4) is 0 Å². The standard InChI is InChI=1S/C8H15NO3/c9-7(10)5-3-1-2-4-6(5)8(11)12/h5-6,8,11-12H,1-4H2,(H2,9,10). The van der Waals surface area contributed by atoms with Gasteiger partial charge in [-0.1, -0.05) is 12.8 Å². The third kappa shape index (κ3) is 1.95. The smallest absolute Gasteiger partial charge is 0.221 e. The van der Waals surface area contributed by atoms with Crippen molar-refractivity contribution in [2.45, 2.75) is 32.0 Å². The van der Waals surface area contributed by atoms with Crippen molar-refractivity contribution in [2.75, 3.05) is 0 Å². The molecule has 4 nitrogen and oxygen atoms in total. The molecule has 1 saturated carbocycles. The lowest BCUT2D eigenvalue weighted by molar-refractivity contribution is -0.140. The molecule has 0 heterocycles. The first-order chi connectivity index (χ1) is 5.63. The maximum Gasteiger partial charge on any atom is 0.221 e. The number of carbonyl (C=O) groups excluding carboxylic acids is 1. The molecule has 12 heavy (non-hydrogen) atoms. The molecule has 1 amide bonds. The Morgan fingerprint density at radius 2 is 1.92 bits per heavy atom. The van der Waals surface area contributed by atoms with Gasteiger partial charge < -0.3 is 15.9 Å². The minimum atomic E-state index is -1.40. The lowest BCUT2D eigenvalue weighted by Crippen LogP contribution is -2.38. The summed E-state index contributed by atoms with van der Waals surface area (Å²) in [6.45, 7) is 0. The predicted molar refractivity (Wildman–Crippen MR) is 42.9 cm³/mol. The summed E-state index contributed by atoms with van der Waals surface area (Å²) >= 11 is 0. The van der Waals surface area contributed by atoms with Gasteiger partial charge in [0.1, 0.15) is 0 Å². The molecule has 70 valence electrons. The summed E-state index contributed by atoms with van der Waals surface area (Å²) in [5.74, 6) is -1.11. The van der Waals surface area contributed by atoms with E-state index >= 15 is 0 Å². The van der Waals surface area contributed by atoms with Crippen LogP contribution in [-0.2, 0) is 4.79 Å². The highest BCUT2D eigenvalue weighted by Crippen LogP contribution is 2.31. The van der Waals surface area contributed by atoms with Gasteiger partial charge in [-0.25, -0.2) is 0 Å². The molecule has 0 aromatic heterocycles. The number of carbonyl (C=O) groups is 1. The summed E-state index contributed by atoms with van der Waals surface area (Å²) in [6.07, 6.45) is 1.88. The van der Waals surface area contributed by atoms with Crippen molar-refractivity contribution < 1.29 is 15.0 Å². The molecule has 4 N–H and O–H groups in total. The van der Waals surface area contributed by atoms with Crippen LogP contribution in [0.15, 0.2) is 0 Å². The van der Waals surface area contributed by atoms with Crippen molar-refractivity contribution in [3.05, 3.63) is 0 Å². The number of rotatable bonds is 2. The van der Waals surface area contributed by atoms with Crippen LogP contribution in [0.5, 0.6) is 0 Å². The van der Waals surface area contributed by atoms with Gasteiger partial charge in [0.05, 0.1) is 0 Å². The van der Waals surface area contributed by atoms with Crippen LogP contribution in [0.2, 0.25) is 0 Å². The fraction of sp³-hybridized carbons (Fsp3) is 0.875. The molecule has 0 aromatic carbocycles. The quantitative estimate of drug-likeness (QED) is 0.496. The van der Waals surface area contributed by atoms with Crippen molar-refractivity contribution >= 4 is 5.91 Å². The molecular formula is C8H15NO3. The van der Waals surface area contributed by atoms with E-state index in [9.17, 15) is 4.79 Å². The zero-order chi connectivity index (χ0) is 9.14. The molecule has 0 spiro atoms. The summed E-state index contributed by atoms with van der Waals surface area (Å²) in [7, 11) is 0. The highest BCUT2D eigenvalue weighted by molar-refractivity contribution is 5.77. The van der Waals surface area contributed by atoms with Gasteiger partial charge in [-0.15, -0.1) is 0 Å². The number of aliphatic hydroxyl groups is 2. The van der Waals surface area contributed by atoms with Gasteiger partial charge in [-0.05, 0) is 12.8 Å². The molecule has 1 aliphatic carbocycles. The van der Waals surface area contributed by atoms with E-state index in [0.29, 0.717) is 12.8 Å². The number of amides is 1. The number of aliphatic hydroxyl groups excluding tert-OH is 1. The van der Waals surface area contributed by atoms with Gasteiger partial charge in [0.25, 0.3) is 0 Å². The lowest BCUT2D eigenvalue weighted by atomic mass is 9.78. The molecule has 2 atom stereocenters. The summed E-state index contributed by atoms with van der Waals surface area (Å²) in [4.78, 5) is 10.9. The molecule has 1 rings (SSSR count). The normalized spacial score (nSPS) is 30.6. The molecule has 0 aliphatic heterocycles. The van der Waals surface area contributed by atoms with Gasteiger partial charge in [0.15, 0.2) is 6.29 Å². The predicted octanol–water partition coefficient (Wildman–Crippen LogP) is -0.411. The molecule has 1 fully saturated rings. The van der Waals surface area contributed by atoms with Crippen molar-refractivity contribution in [1.29, 1.82) is 0 Å². The van der Waals surface area contributed by atoms with Crippen LogP contribution in [0, 0.1) is 11.8 Å². The Kier molecular flexibility index (Phi) is 3.05. The van der Waals surface area contributed by atoms with Crippen molar-refractivity contribution in [1.82, 2.24) is 0 Å². The first kappa shape index (κ1) is 9.48. The Balaban J connectivity index is 2.60. The Morgan fingerprint density at radius 1 is 1.33 bits per heavy atom. The van der Waals surface area contributed by atoms with Crippen molar-refractivity contribution in [2.24, 2.45) is 17.6 Å². The minimum absolute atomic E-state index is 0.348. The van der Waals surface area contributed by atoms with E-state index in [2.05, 4.69) is 0 Å². The summed E-state index contributed by atoms with van der Waals surface area (Å²) < 4.78 is 0. The second-order valence-corrected chi connectivity index (χ2v) is 3.37. The highest BCUT2D eigenvalue weighted by Gasteiger charge is 2.33. The van der Waals surface area contributed by atoms with Crippen molar-refractivity contribution in [3.63, 3.8) is 0 Å². The third-order valence-corrected chi connectivity index (χ3v) is 2.57. The molecule has 0 saturated heterocycles. The van der Waals surface area contributed by atoms with Gasteiger partial charge in [0.2, 0.25) is 5.91 Å². The largest absolute Gasteiger partial charge is 0.369 e. The van der Waals surface area contributed by atoms with Gasteiger partial charge in [-0.2, -0.15) is 0 Å². The topological polar surface area (TPSA) is 83.6 Å². The maximum atomic E-state index is 10.9. The Morgan fingerprint density at radius 3 is 2.33 bits per heavy atom. The summed E-state index contributed by atoms with van der Waals surface area (Å²) in [5, 5.41) is 17.9. The number of hydrogen-bond acceptors (Lipinski definition) is 3. The second-order valence-electron chi connectivity index (χ2n) is 3.37. The minimum Gasteiger partial charge on any atom is -0.369 e. The van der Waals surface area contributed by atoms with Gasteiger partial charge in [0, 0.05) is 11.8 Å². The van der Waals surface area contributed by atoms with E-state index in [-0.39, 0.29) is 11.8 Å². The number of nitrogens with two attached hydrogens (primary N) is 1. The van der Waals surface area contributed by atoms with Crippen LogP contribution in [0.25, 0.3) is 0 Å². The molecule has 1 aliphatic rings. The molecule has 0 radical (unpaired) electrons. The average molecular weight is 173 g/mol. The first-order valence-electron chi connectivity index (χ1n) is 4.28. The third-order valence-electron chi connectivity index (χ3n) is 2.57. The van der Waals surface area contributed by atoms with Crippen LogP contribution in [0.1, 0.15) is 25.7 Å². The van der Waals surface area contributed by atoms with E-state index in [0.717, 1.165) is 12.8 Å². The monoisotopic (exact) mass is 173 g/mol. The molecule has 0 aromatic rings. The van der Waals surface area contributed by atoms with E-state index in [1.165, 1.54) is 0 Å². The van der Waals surface area contributed by atoms with E-state index < -0.39 is 12.2 Å². The average Bonchev–Trinajstić information content (AvgIpc) is 2.04. The summed E-state index contributed by atoms with van der Waals surface area (Å²) in [5.41, 5.74) is 5.13. The molecule has 0 bridgehead atoms. The first-order valence-corrected chi connectivity index (χ1v) is 4.28. The molecular weight excluding hydrogens is 158 g/mol. The highest BCUT2D eigenvalue weighted by atomic mass is 16.5. The molecule has 4 heteroatoms. The number of primary amides is 1. The molecule has 2 unspecified atom stereocenters. The van der Waals surface area contributed by atoms with Gasteiger partial charge >= 0.3 is 0 Å². The zero-order valence-electron chi connectivity index (χ0n) is 6.94. The number of hydrogen-bond donors (Lipinski definition) is 3. The fourth-order valence-corrected chi connectivity index (χ4v) is 1.87. The Bertz CT molecular complexity index is 170. The van der Waals surface area contributed by atoms with Crippen LogP contribution < -0.4 is 5.73 Å². The maximum absolute atomic E-state index is 10.9. The summed E-state index contributed by atoms with van der Waals surface area (Å²) in [6, 6.07) is 0. The lowest BCUT2D eigenvalue weighted by Gasteiger charge is -2.30. The van der Waals surface area contributed by atoms with E-state index in [1.54, 1.807) is 0 Å². The van der Waals surface area contributed by atoms with Gasteiger partial charge in [-0.3, -0.25) is 4.79 Å². The van der Waals surface area contributed by atoms with Crippen LogP contribution in [-0.4, -0.2) is 22.4 Å².